The van der Waals surface area contributed by atoms with Gasteiger partial charge in [0.05, 0.1) is 17.7 Å². The van der Waals surface area contributed by atoms with Gasteiger partial charge < -0.3 is 9.47 Å². The summed E-state index contributed by atoms with van der Waals surface area (Å²) in [5.41, 5.74) is 8.15. The van der Waals surface area contributed by atoms with Crippen molar-refractivity contribution in [1.82, 2.24) is 4.98 Å². The highest BCUT2D eigenvalue weighted by Crippen LogP contribution is 2.45. The van der Waals surface area contributed by atoms with E-state index >= 15 is 0 Å². The van der Waals surface area contributed by atoms with Gasteiger partial charge in [-0.25, -0.2) is 0 Å². The van der Waals surface area contributed by atoms with E-state index in [2.05, 4.69) is 51.1 Å². The van der Waals surface area contributed by atoms with Crippen LogP contribution in [0.3, 0.4) is 0 Å². The Morgan fingerprint density at radius 2 is 1.80 bits per heavy atom. The van der Waals surface area contributed by atoms with Gasteiger partial charge in [-0.1, -0.05) is 18.2 Å². The zero-order valence-electron chi connectivity index (χ0n) is 21.7. The second-order valence-corrected chi connectivity index (χ2v) is 10.7. The topological polar surface area (TPSA) is 48.4 Å². The van der Waals surface area contributed by atoms with Crippen molar-refractivity contribution in [3.63, 3.8) is 0 Å². The molecule has 1 atom stereocenters. The summed E-state index contributed by atoms with van der Waals surface area (Å²) in [5.74, 6) is 0.865. The van der Waals surface area contributed by atoms with Crippen LogP contribution in [0, 0.1) is 20.8 Å². The molecule has 4 heteroatoms. The van der Waals surface area contributed by atoms with Crippen LogP contribution in [0.2, 0.25) is 0 Å². The standard InChI is InChI=1S/C31H33NO3/c1-17-8-9-22-24(19(17)3)16-18(2)26(30(20(4)33)35-31(5,6)7)28(22)23-10-11-25-27-21(13-15-34-25)12-14-32-29(23)27/h8-12,14,16,30H,13,15H2,1-7H3/t30-/m1/s1. The molecule has 0 amide bonds. The number of fused-ring (bicyclic) bond motifs is 1. The van der Waals surface area contributed by atoms with Gasteiger partial charge in [0.25, 0.3) is 0 Å². The second kappa shape index (κ2) is 8.46. The highest BCUT2D eigenvalue weighted by molar-refractivity contribution is 6.09. The highest BCUT2D eigenvalue weighted by atomic mass is 16.5. The number of aromatic nitrogens is 1. The number of Topliss-reactive ketones (excluding diaryl/α,β-unsaturated/α-hetero) is 1. The summed E-state index contributed by atoms with van der Waals surface area (Å²) < 4.78 is 12.4. The van der Waals surface area contributed by atoms with Crippen molar-refractivity contribution in [3.8, 4) is 16.9 Å². The van der Waals surface area contributed by atoms with Gasteiger partial charge in [-0.15, -0.1) is 0 Å². The molecule has 2 heterocycles. The van der Waals surface area contributed by atoms with Crippen molar-refractivity contribution in [1.29, 1.82) is 0 Å². The molecule has 0 fully saturated rings. The van der Waals surface area contributed by atoms with Crippen LogP contribution in [-0.2, 0) is 16.0 Å². The molecule has 0 unspecified atom stereocenters. The molecule has 35 heavy (non-hydrogen) atoms. The highest BCUT2D eigenvalue weighted by Gasteiger charge is 2.31. The van der Waals surface area contributed by atoms with Gasteiger partial charge in [0, 0.05) is 23.6 Å². The predicted octanol–water partition coefficient (Wildman–Crippen LogP) is 7.36. The Bertz CT molecular complexity index is 1480. The minimum absolute atomic E-state index is 0.00789. The number of hydrogen-bond acceptors (Lipinski definition) is 4. The van der Waals surface area contributed by atoms with E-state index in [1.807, 2.05) is 33.0 Å². The maximum Gasteiger partial charge on any atom is 0.163 e. The maximum atomic E-state index is 13.1. The van der Waals surface area contributed by atoms with E-state index in [0.29, 0.717) is 6.61 Å². The summed E-state index contributed by atoms with van der Waals surface area (Å²) >= 11 is 0. The number of carbonyl (C=O) groups is 1. The number of pyridine rings is 1. The predicted molar refractivity (Wildman–Crippen MR) is 142 cm³/mol. The lowest BCUT2D eigenvalue weighted by Crippen LogP contribution is -2.27. The molecule has 180 valence electrons. The van der Waals surface area contributed by atoms with Gasteiger partial charge >= 0.3 is 0 Å². The number of hydrogen-bond donors (Lipinski definition) is 0. The average Bonchev–Trinajstić information content (AvgIpc) is 2.80. The maximum absolute atomic E-state index is 13.1. The molecule has 0 radical (unpaired) electrons. The van der Waals surface area contributed by atoms with Crippen LogP contribution in [0.1, 0.15) is 61.6 Å². The lowest BCUT2D eigenvalue weighted by molar-refractivity contribution is -0.138. The van der Waals surface area contributed by atoms with Crippen molar-refractivity contribution in [2.75, 3.05) is 6.61 Å². The molecule has 0 spiro atoms. The van der Waals surface area contributed by atoms with Gasteiger partial charge in [-0.2, -0.15) is 0 Å². The van der Waals surface area contributed by atoms with Crippen molar-refractivity contribution >= 4 is 27.5 Å². The fourth-order valence-corrected chi connectivity index (χ4v) is 5.31. The molecule has 4 aromatic rings. The molecular formula is C31H33NO3. The molecule has 1 aromatic heterocycles. The SMILES string of the molecule is CC(=O)[C@@H](OC(C)(C)C)c1c(C)cc2c(C)c(C)ccc2c1-c1ccc2c3c(ccnc13)CCO2. The fraction of sp³-hybridized carbons (Fsp3) is 0.355. The summed E-state index contributed by atoms with van der Waals surface area (Å²) in [5, 5.41) is 3.37. The van der Waals surface area contributed by atoms with Gasteiger partial charge in [0.1, 0.15) is 11.9 Å². The number of ether oxygens (including phenoxy) is 2. The first-order valence-corrected chi connectivity index (χ1v) is 12.3. The minimum Gasteiger partial charge on any atom is -0.493 e. The first-order chi connectivity index (χ1) is 16.6. The lowest BCUT2D eigenvalue weighted by Gasteiger charge is -2.30. The number of nitrogens with zero attached hydrogens (tertiary/aromatic N) is 1. The van der Waals surface area contributed by atoms with E-state index in [9.17, 15) is 4.79 Å². The third kappa shape index (κ3) is 4.00. The summed E-state index contributed by atoms with van der Waals surface area (Å²) in [7, 11) is 0. The number of carbonyl (C=O) groups excluding carboxylic acids is 1. The largest absolute Gasteiger partial charge is 0.493 e. The van der Waals surface area contributed by atoms with E-state index < -0.39 is 11.7 Å². The minimum atomic E-state index is -0.682. The Hall–Kier alpha value is -3.24. The van der Waals surface area contributed by atoms with Gasteiger partial charge in [0.2, 0.25) is 0 Å². The van der Waals surface area contributed by atoms with E-state index in [1.54, 1.807) is 6.92 Å². The molecule has 1 aliphatic heterocycles. The van der Waals surface area contributed by atoms with Crippen LogP contribution < -0.4 is 4.74 Å². The molecule has 5 rings (SSSR count). The molecule has 0 aliphatic carbocycles. The van der Waals surface area contributed by atoms with Gasteiger partial charge in [-0.3, -0.25) is 9.78 Å². The van der Waals surface area contributed by atoms with E-state index in [-0.39, 0.29) is 5.78 Å². The molecule has 0 N–H and O–H groups in total. The molecule has 4 nitrogen and oxygen atoms in total. The Morgan fingerprint density at radius 3 is 2.51 bits per heavy atom. The molecule has 0 saturated carbocycles. The molecular weight excluding hydrogens is 434 g/mol. The number of aryl methyl sites for hydroxylation is 3. The lowest BCUT2D eigenvalue weighted by atomic mass is 9.83. The Labute approximate surface area is 207 Å². The van der Waals surface area contributed by atoms with Crippen molar-refractivity contribution in [2.24, 2.45) is 0 Å². The fourth-order valence-electron chi connectivity index (χ4n) is 5.31. The summed E-state index contributed by atoms with van der Waals surface area (Å²) in [4.78, 5) is 17.9. The van der Waals surface area contributed by atoms with E-state index in [0.717, 1.165) is 50.7 Å². The summed E-state index contributed by atoms with van der Waals surface area (Å²) in [6.45, 7) is 14.7. The molecule has 0 saturated heterocycles. The van der Waals surface area contributed by atoms with Gasteiger partial charge in [-0.05, 0) is 111 Å². The first kappa shape index (κ1) is 23.5. The second-order valence-electron chi connectivity index (χ2n) is 10.7. The smallest absolute Gasteiger partial charge is 0.163 e. The molecule has 1 aliphatic rings. The van der Waals surface area contributed by atoms with Crippen molar-refractivity contribution in [2.45, 2.75) is 66.6 Å². The van der Waals surface area contributed by atoms with Crippen LogP contribution in [0.5, 0.6) is 5.75 Å². The van der Waals surface area contributed by atoms with Crippen LogP contribution in [-0.4, -0.2) is 23.0 Å². The average molecular weight is 468 g/mol. The first-order valence-electron chi connectivity index (χ1n) is 12.3. The van der Waals surface area contributed by atoms with Crippen molar-refractivity contribution in [3.05, 3.63) is 70.4 Å². The van der Waals surface area contributed by atoms with Crippen molar-refractivity contribution < 1.29 is 14.3 Å². The summed E-state index contributed by atoms with van der Waals surface area (Å²) in [6.07, 6.45) is 2.06. The van der Waals surface area contributed by atoms with Crippen LogP contribution >= 0.6 is 0 Å². The molecule has 0 bridgehead atoms. The van der Waals surface area contributed by atoms with E-state index in [4.69, 9.17) is 14.5 Å². The third-order valence-electron chi connectivity index (χ3n) is 7.05. The van der Waals surface area contributed by atoms with Crippen LogP contribution in [0.4, 0.5) is 0 Å². The zero-order valence-corrected chi connectivity index (χ0v) is 21.7. The number of benzene rings is 3. The zero-order chi connectivity index (χ0) is 25.1. The number of rotatable bonds is 4. The monoisotopic (exact) mass is 467 g/mol. The molecule has 3 aromatic carbocycles. The Kier molecular flexibility index (Phi) is 5.68. The Morgan fingerprint density at radius 1 is 1.03 bits per heavy atom. The number of ketones is 1. The normalized spacial score (nSPS) is 14.3. The Balaban J connectivity index is 1.94. The summed E-state index contributed by atoms with van der Waals surface area (Å²) in [6, 6.07) is 12.8. The van der Waals surface area contributed by atoms with Gasteiger partial charge in [0.15, 0.2) is 5.78 Å². The quantitative estimate of drug-likeness (QED) is 0.315. The van der Waals surface area contributed by atoms with E-state index in [1.165, 1.54) is 22.1 Å². The van der Waals surface area contributed by atoms with Crippen LogP contribution in [0.15, 0.2) is 42.6 Å². The van der Waals surface area contributed by atoms with Crippen LogP contribution in [0.25, 0.3) is 32.8 Å². The third-order valence-corrected chi connectivity index (χ3v) is 7.05.